The van der Waals surface area contributed by atoms with Crippen LogP contribution in [0.5, 0.6) is 11.5 Å². The molecular weight excluding hydrogens is 1040 g/mol. The summed E-state index contributed by atoms with van der Waals surface area (Å²) in [7, 11) is 0. The summed E-state index contributed by atoms with van der Waals surface area (Å²) in [6, 6.07) is 80.7. The molecule has 11 aromatic rings. The van der Waals surface area contributed by atoms with E-state index in [1.807, 2.05) is 6.20 Å². The molecule has 3 heterocycles. The third-order valence-electron chi connectivity index (χ3n) is 18.6. The lowest BCUT2D eigenvalue weighted by Gasteiger charge is -2.34. The molecule has 86 heavy (non-hydrogen) atoms. The summed E-state index contributed by atoms with van der Waals surface area (Å²) in [4.78, 5) is 10.2. The molecule has 5 heteroatoms. The molecule has 1 aliphatic heterocycles. The lowest BCUT2D eigenvalue weighted by atomic mass is 9.73. The predicted octanol–water partition coefficient (Wildman–Crippen LogP) is 21.8. The van der Waals surface area contributed by atoms with Crippen molar-refractivity contribution < 1.29 is 4.74 Å². The number of anilines is 4. The van der Waals surface area contributed by atoms with Gasteiger partial charge in [0.15, 0.2) is 0 Å². The van der Waals surface area contributed by atoms with Gasteiger partial charge in [0.2, 0.25) is 0 Å². The minimum absolute atomic E-state index is 0.0664. The van der Waals surface area contributed by atoms with E-state index < -0.39 is 5.41 Å². The van der Waals surface area contributed by atoms with Gasteiger partial charge < -0.3 is 14.5 Å². The molecule has 12 rings (SSSR count). The van der Waals surface area contributed by atoms with Crippen molar-refractivity contribution in [2.75, 3.05) is 16.5 Å². The van der Waals surface area contributed by atoms with Crippen LogP contribution in [0.3, 0.4) is 0 Å². The van der Waals surface area contributed by atoms with Gasteiger partial charge in [0, 0.05) is 56.7 Å². The Hall–Kier alpha value is -8.67. The highest BCUT2D eigenvalue weighted by Gasteiger charge is 2.38. The molecule has 0 saturated heterocycles. The van der Waals surface area contributed by atoms with Gasteiger partial charge in [0.25, 0.3) is 0 Å². The van der Waals surface area contributed by atoms with Crippen molar-refractivity contribution in [3.8, 4) is 28.4 Å². The molecule has 0 fully saturated rings. The summed E-state index contributed by atoms with van der Waals surface area (Å²) in [5, 5.41) is 2.30. The second-order valence-electron chi connectivity index (χ2n) is 28.7. The molecular formula is C81H84N4O. The predicted molar refractivity (Wildman–Crippen MR) is 364 cm³/mol. The first-order valence-electron chi connectivity index (χ1n) is 30.8. The van der Waals surface area contributed by atoms with Gasteiger partial charge in [-0.25, -0.2) is 4.98 Å². The number of ether oxygens (including phenoxy) is 1. The van der Waals surface area contributed by atoms with Crippen LogP contribution < -0.4 is 14.5 Å². The third kappa shape index (κ3) is 10.7. The Labute approximate surface area is 512 Å². The number of benzene rings is 9. The van der Waals surface area contributed by atoms with Crippen molar-refractivity contribution in [3.63, 3.8) is 0 Å². The zero-order chi connectivity index (χ0) is 60.7. The smallest absolute Gasteiger partial charge is 0.137 e. The third-order valence-corrected chi connectivity index (χ3v) is 18.6. The highest BCUT2D eigenvalue weighted by molar-refractivity contribution is 6.10. The number of nitrogens with zero attached hydrogens (tertiary/aromatic N) is 4. The molecule has 0 atom stereocenters. The van der Waals surface area contributed by atoms with E-state index in [-0.39, 0.29) is 27.1 Å². The Bertz CT molecular complexity index is 4230. The SMILES string of the molecule is CC(C)(C)c1ccnc(-n2c3ccc(-c4ccccc4)cc3c3ccc(Oc4cc(N5CN(c6cc(C(C)(C)c7ccccc7)cc(C(C)(C)c7ccccc7)c6)c6cc(C(C)(C)C)c(C(C)(C)C)cc65)cc(C(C)(C)c5ccccc5)c4)cc32)c1. The van der Waals surface area contributed by atoms with Crippen LogP contribution in [0, 0.1) is 0 Å². The van der Waals surface area contributed by atoms with E-state index in [0.29, 0.717) is 6.67 Å². The number of fused-ring (bicyclic) bond motifs is 4. The minimum atomic E-state index is -0.393. The van der Waals surface area contributed by atoms with Gasteiger partial charge in [-0.1, -0.05) is 237 Å². The molecule has 0 bridgehead atoms. The average molecular weight is 1130 g/mol. The molecule has 0 amide bonds. The maximum absolute atomic E-state index is 7.37. The molecule has 434 valence electrons. The van der Waals surface area contributed by atoms with Crippen molar-refractivity contribution in [2.45, 2.75) is 136 Å². The second-order valence-corrected chi connectivity index (χ2v) is 28.7. The van der Waals surface area contributed by atoms with Gasteiger partial charge in [-0.05, 0) is 150 Å². The van der Waals surface area contributed by atoms with E-state index in [1.165, 1.54) is 67.0 Å². The highest BCUT2D eigenvalue weighted by atomic mass is 16.5. The van der Waals surface area contributed by atoms with Crippen LogP contribution in [0.2, 0.25) is 0 Å². The van der Waals surface area contributed by atoms with Gasteiger partial charge in [-0.2, -0.15) is 0 Å². The molecule has 0 radical (unpaired) electrons. The van der Waals surface area contributed by atoms with Crippen molar-refractivity contribution in [1.29, 1.82) is 0 Å². The molecule has 0 unspecified atom stereocenters. The van der Waals surface area contributed by atoms with Crippen LogP contribution >= 0.6 is 0 Å². The van der Waals surface area contributed by atoms with Gasteiger partial charge >= 0.3 is 0 Å². The molecule has 0 aliphatic carbocycles. The fraction of sp³-hybridized carbons (Fsp3) is 0.272. The second kappa shape index (κ2) is 21.4. The fourth-order valence-corrected chi connectivity index (χ4v) is 13.0. The summed E-state index contributed by atoms with van der Waals surface area (Å²) in [6.07, 6.45) is 1.95. The Morgan fingerprint density at radius 2 is 0.814 bits per heavy atom. The summed E-state index contributed by atoms with van der Waals surface area (Å²) in [6.45, 7) is 35.7. The van der Waals surface area contributed by atoms with Crippen LogP contribution in [-0.4, -0.2) is 16.2 Å². The molecule has 9 aromatic carbocycles. The van der Waals surface area contributed by atoms with Crippen molar-refractivity contribution in [1.82, 2.24) is 9.55 Å². The van der Waals surface area contributed by atoms with Gasteiger partial charge in [-0.3, -0.25) is 4.57 Å². The lowest BCUT2D eigenvalue weighted by molar-refractivity contribution is 0.480. The average Bonchev–Trinajstić information content (AvgIpc) is 2.04. The van der Waals surface area contributed by atoms with E-state index in [4.69, 9.17) is 9.72 Å². The standard InChI is InChI=1S/C81H84N4O/c1-76(2,3)59-40-41-82-75(48-59)85-71-39-36-55(54-28-20-16-21-29-54)42-68(71)67-38-37-65(50-72(67)85)86-66-47-62(81(14,15)58-34-26-19-27-35-58)46-64(49-66)84-53-83(73-51-69(77(4,5)6)70(52-74(73)84)78(7,8)9)63-44-60(79(10,11)56-30-22-17-23-31-56)43-61(45-63)80(12,13)57-32-24-18-25-33-57/h16-52H,53H2,1-15H3. The van der Waals surface area contributed by atoms with Crippen molar-refractivity contribution in [3.05, 3.63) is 275 Å². The monoisotopic (exact) mass is 1130 g/mol. The zero-order valence-corrected chi connectivity index (χ0v) is 53.3. The van der Waals surface area contributed by atoms with E-state index in [1.54, 1.807) is 0 Å². The van der Waals surface area contributed by atoms with E-state index in [9.17, 15) is 0 Å². The van der Waals surface area contributed by atoms with Crippen LogP contribution in [0.4, 0.5) is 22.7 Å². The maximum Gasteiger partial charge on any atom is 0.137 e. The number of rotatable bonds is 12. The summed E-state index contributed by atoms with van der Waals surface area (Å²) >= 11 is 0. The Morgan fingerprint density at radius 1 is 0.337 bits per heavy atom. The molecule has 0 spiro atoms. The minimum Gasteiger partial charge on any atom is -0.457 e. The van der Waals surface area contributed by atoms with E-state index in [2.05, 4.69) is 337 Å². The normalized spacial score (nSPS) is 13.4. The van der Waals surface area contributed by atoms with Gasteiger partial charge in [-0.15, -0.1) is 0 Å². The number of hydrogen-bond acceptors (Lipinski definition) is 4. The topological polar surface area (TPSA) is 33.5 Å². The van der Waals surface area contributed by atoms with E-state index in [0.717, 1.165) is 56.1 Å². The maximum atomic E-state index is 7.37. The Balaban J connectivity index is 1.06. The summed E-state index contributed by atoms with van der Waals surface area (Å²) < 4.78 is 9.69. The van der Waals surface area contributed by atoms with Gasteiger partial charge in [0.05, 0.1) is 22.4 Å². The first-order chi connectivity index (χ1) is 40.8. The zero-order valence-electron chi connectivity index (χ0n) is 53.3. The summed E-state index contributed by atoms with van der Waals surface area (Å²) in [5.41, 5.74) is 19.2. The van der Waals surface area contributed by atoms with Crippen molar-refractivity contribution >= 4 is 44.6 Å². The Morgan fingerprint density at radius 3 is 1.30 bits per heavy atom. The molecule has 5 nitrogen and oxygen atoms in total. The molecule has 0 saturated carbocycles. The summed E-state index contributed by atoms with van der Waals surface area (Å²) in [5.74, 6) is 2.39. The number of hydrogen-bond donors (Lipinski definition) is 0. The number of aromatic nitrogens is 2. The lowest BCUT2D eigenvalue weighted by Crippen LogP contribution is -2.27. The first-order valence-corrected chi connectivity index (χ1v) is 30.8. The largest absolute Gasteiger partial charge is 0.457 e. The van der Waals surface area contributed by atoms with Crippen LogP contribution in [0.1, 0.15) is 154 Å². The van der Waals surface area contributed by atoms with Crippen LogP contribution in [-0.2, 0) is 32.5 Å². The first kappa shape index (κ1) is 57.7. The van der Waals surface area contributed by atoms with Crippen molar-refractivity contribution in [2.24, 2.45) is 0 Å². The van der Waals surface area contributed by atoms with E-state index >= 15 is 0 Å². The van der Waals surface area contributed by atoms with Gasteiger partial charge in [0.1, 0.15) is 24.0 Å². The fourth-order valence-electron chi connectivity index (χ4n) is 13.0. The number of pyridine rings is 1. The van der Waals surface area contributed by atoms with Crippen LogP contribution in [0.15, 0.2) is 225 Å². The molecule has 2 aromatic heterocycles. The molecule has 0 N–H and O–H groups in total. The van der Waals surface area contributed by atoms with Crippen LogP contribution in [0.25, 0.3) is 38.8 Å². The highest BCUT2D eigenvalue weighted by Crippen LogP contribution is 2.52. The quantitative estimate of drug-likeness (QED) is 0.122. The molecule has 1 aliphatic rings. The Kier molecular flexibility index (Phi) is 14.4.